The minimum Gasteiger partial charge on any atom is -0.384 e. The summed E-state index contributed by atoms with van der Waals surface area (Å²) in [7, 11) is 2.07. The van der Waals surface area contributed by atoms with Gasteiger partial charge in [-0.05, 0) is 36.2 Å². The molecule has 0 aliphatic rings. The molecule has 0 saturated heterocycles. The lowest BCUT2D eigenvalue weighted by molar-refractivity contribution is 0.915. The summed E-state index contributed by atoms with van der Waals surface area (Å²) in [6.07, 6.45) is 1.82. The Hall–Kier alpha value is -2.03. The van der Waals surface area contributed by atoms with E-state index < -0.39 is 0 Å². The Morgan fingerprint density at radius 2 is 2.06 bits per heavy atom. The smallest absolute Gasteiger partial charge is 0.123 e. The van der Waals surface area contributed by atoms with E-state index in [9.17, 15) is 0 Å². The van der Waals surface area contributed by atoms with Crippen molar-refractivity contribution in [3.05, 3.63) is 53.7 Å². The van der Waals surface area contributed by atoms with Crippen LogP contribution in [0.3, 0.4) is 0 Å². The number of rotatable bonds is 3. The van der Waals surface area contributed by atoms with Crippen LogP contribution in [0.1, 0.15) is 11.1 Å². The molecule has 0 bridgehead atoms. The molecule has 0 aliphatic heterocycles. The number of benzene rings is 1. The van der Waals surface area contributed by atoms with Crippen LogP contribution in [0.5, 0.6) is 0 Å². The zero-order valence-corrected chi connectivity index (χ0v) is 10.2. The molecule has 0 fully saturated rings. The van der Waals surface area contributed by atoms with Crippen molar-refractivity contribution in [3.8, 4) is 0 Å². The maximum Gasteiger partial charge on any atom is 0.123 e. The molecule has 1 aromatic heterocycles. The largest absolute Gasteiger partial charge is 0.384 e. The maximum absolute atomic E-state index is 5.56. The fraction of sp³-hybridized carbons (Fsp3) is 0.214. The van der Waals surface area contributed by atoms with Gasteiger partial charge in [0.05, 0.1) is 0 Å². The number of hydrogen-bond acceptors (Lipinski definition) is 3. The highest BCUT2D eigenvalue weighted by atomic mass is 15.1. The molecule has 1 heterocycles. The fourth-order valence-corrected chi connectivity index (χ4v) is 1.76. The average molecular weight is 227 g/mol. The third kappa shape index (κ3) is 2.97. The van der Waals surface area contributed by atoms with Gasteiger partial charge in [0.2, 0.25) is 0 Å². The highest BCUT2D eigenvalue weighted by Gasteiger charge is 2.02. The van der Waals surface area contributed by atoms with Gasteiger partial charge in [0.15, 0.2) is 0 Å². The van der Waals surface area contributed by atoms with Gasteiger partial charge in [-0.3, -0.25) is 0 Å². The number of aromatic nitrogens is 1. The van der Waals surface area contributed by atoms with E-state index in [1.807, 2.05) is 18.3 Å². The Balaban J connectivity index is 2.11. The standard InChI is InChI=1S/C14H17N3/c1-11-4-3-5-13(8-11)17(2)10-12-6-7-14(15)16-9-12/h3-9H,10H2,1-2H3,(H2,15,16). The van der Waals surface area contributed by atoms with E-state index in [4.69, 9.17) is 5.73 Å². The minimum atomic E-state index is 0.562. The summed E-state index contributed by atoms with van der Waals surface area (Å²) in [5, 5.41) is 0. The zero-order valence-electron chi connectivity index (χ0n) is 10.2. The summed E-state index contributed by atoms with van der Waals surface area (Å²) < 4.78 is 0. The Morgan fingerprint density at radius 3 is 2.71 bits per heavy atom. The van der Waals surface area contributed by atoms with Crippen molar-refractivity contribution in [2.45, 2.75) is 13.5 Å². The molecule has 2 aromatic rings. The van der Waals surface area contributed by atoms with Crippen LogP contribution in [-0.4, -0.2) is 12.0 Å². The molecule has 2 rings (SSSR count). The number of nitrogens with two attached hydrogens (primary N) is 1. The molecule has 88 valence electrons. The predicted molar refractivity (Wildman–Crippen MR) is 71.9 cm³/mol. The quantitative estimate of drug-likeness (QED) is 0.876. The summed E-state index contributed by atoms with van der Waals surface area (Å²) in [5.74, 6) is 0.562. The normalized spacial score (nSPS) is 10.2. The lowest BCUT2D eigenvalue weighted by Gasteiger charge is -2.19. The van der Waals surface area contributed by atoms with Gasteiger partial charge >= 0.3 is 0 Å². The van der Waals surface area contributed by atoms with Crippen molar-refractivity contribution in [2.24, 2.45) is 0 Å². The summed E-state index contributed by atoms with van der Waals surface area (Å²) in [5.41, 5.74) is 9.20. The first-order valence-corrected chi connectivity index (χ1v) is 5.63. The SMILES string of the molecule is Cc1cccc(N(C)Cc2ccc(N)nc2)c1. The second-order valence-corrected chi connectivity index (χ2v) is 4.29. The third-order valence-corrected chi connectivity index (χ3v) is 2.71. The molecule has 0 saturated carbocycles. The van der Waals surface area contributed by atoms with E-state index in [-0.39, 0.29) is 0 Å². The van der Waals surface area contributed by atoms with Gasteiger partial charge in [0.25, 0.3) is 0 Å². The topological polar surface area (TPSA) is 42.1 Å². The Morgan fingerprint density at radius 1 is 1.24 bits per heavy atom. The van der Waals surface area contributed by atoms with Crippen molar-refractivity contribution in [2.75, 3.05) is 17.7 Å². The Bertz CT molecular complexity index is 491. The summed E-state index contributed by atoms with van der Waals surface area (Å²) >= 11 is 0. The molecule has 1 aromatic carbocycles. The second kappa shape index (κ2) is 4.87. The number of hydrogen-bond donors (Lipinski definition) is 1. The molecular formula is C14H17N3. The summed E-state index contributed by atoms with van der Waals surface area (Å²) in [6, 6.07) is 12.3. The molecular weight excluding hydrogens is 210 g/mol. The van der Waals surface area contributed by atoms with E-state index in [1.165, 1.54) is 11.3 Å². The van der Waals surface area contributed by atoms with Crippen LogP contribution in [0, 0.1) is 6.92 Å². The molecule has 0 amide bonds. The number of nitrogens with zero attached hydrogens (tertiary/aromatic N) is 2. The van der Waals surface area contributed by atoms with Crippen LogP contribution in [-0.2, 0) is 6.54 Å². The Labute approximate surface area is 102 Å². The van der Waals surface area contributed by atoms with Crippen molar-refractivity contribution >= 4 is 11.5 Å². The van der Waals surface area contributed by atoms with Gasteiger partial charge < -0.3 is 10.6 Å². The fourth-order valence-electron chi connectivity index (χ4n) is 1.76. The van der Waals surface area contributed by atoms with Crippen molar-refractivity contribution < 1.29 is 0 Å². The van der Waals surface area contributed by atoms with Crippen LogP contribution >= 0.6 is 0 Å². The molecule has 2 N–H and O–H groups in total. The molecule has 0 aliphatic carbocycles. The molecule has 0 unspecified atom stereocenters. The minimum absolute atomic E-state index is 0.562. The number of aryl methyl sites for hydroxylation is 1. The van der Waals surface area contributed by atoms with Gasteiger partial charge in [0.1, 0.15) is 5.82 Å². The van der Waals surface area contributed by atoms with E-state index in [2.05, 4.69) is 48.1 Å². The number of pyridine rings is 1. The van der Waals surface area contributed by atoms with Gasteiger partial charge in [-0.1, -0.05) is 18.2 Å². The molecule has 3 nitrogen and oxygen atoms in total. The van der Waals surface area contributed by atoms with Crippen LogP contribution in [0.15, 0.2) is 42.6 Å². The van der Waals surface area contributed by atoms with Crippen LogP contribution in [0.25, 0.3) is 0 Å². The monoisotopic (exact) mass is 227 g/mol. The molecule has 3 heteroatoms. The lowest BCUT2D eigenvalue weighted by atomic mass is 10.2. The highest BCUT2D eigenvalue weighted by molar-refractivity contribution is 5.48. The van der Waals surface area contributed by atoms with E-state index in [1.54, 1.807) is 0 Å². The third-order valence-electron chi connectivity index (χ3n) is 2.71. The van der Waals surface area contributed by atoms with E-state index in [0.717, 1.165) is 12.1 Å². The van der Waals surface area contributed by atoms with Gasteiger partial charge in [-0.2, -0.15) is 0 Å². The summed E-state index contributed by atoms with van der Waals surface area (Å²) in [6.45, 7) is 2.93. The molecule has 17 heavy (non-hydrogen) atoms. The predicted octanol–water partition coefficient (Wildman–Crippen LogP) is 2.61. The van der Waals surface area contributed by atoms with Crippen molar-refractivity contribution in [1.82, 2.24) is 4.98 Å². The molecule has 0 spiro atoms. The van der Waals surface area contributed by atoms with Gasteiger partial charge in [-0.25, -0.2) is 4.98 Å². The number of anilines is 2. The van der Waals surface area contributed by atoms with Gasteiger partial charge in [0, 0.05) is 25.5 Å². The van der Waals surface area contributed by atoms with Crippen LogP contribution < -0.4 is 10.6 Å². The first-order valence-electron chi connectivity index (χ1n) is 5.63. The van der Waals surface area contributed by atoms with Gasteiger partial charge in [-0.15, -0.1) is 0 Å². The second-order valence-electron chi connectivity index (χ2n) is 4.29. The maximum atomic E-state index is 5.56. The zero-order chi connectivity index (χ0) is 12.3. The first kappa shape index (κ1) is 11.5. The molecule has 0 radical (unpaired) electrons. The molecule has 0 atom stereocenters. The number of nitrogen functional groups attached to an aromatic ring is 1. The highest BCUT2D eigenvalue weighted by Crippen LogP contribution is 2.16. The lowest BCUT2D eigenvalue weighted by Crippen LogP contribution is -2.16. The summed E-state index contributed by atoms with van der Waals surface area (Å²) in [4.78, 5) is 6.29. The van der Waals surface area contributed by atoms with Crippen LogP contribution in [0.4, 0.5) is 11.5 Å². The van der Waals surface area contributed by atoms with Crippen molar-refractivity contribution in [1.29, 1.82) is 0 Å². The van der Waals surface area contributed by atoms with E-state index >= 15 is 0 Å². The first-order chi connectivity index (χ1) is 8.15. The average Bonchev–Trinajstić information content (AvgIpc) is 2.32. The Kier molecular flexibility index (Phi) is 3.28. The van der Waals surface area contributed by atoms with Crippen molar-refractivity contribution in [3.63, 3.8) is 0 Å². The van der Waals surface area contributed by atoms with E-state index in [0.29, 0.717) is 5.82 Å². The van der Waals surface area contributed by atoms with Crippen LogP contribution in [0.2, 0.25) is 0 Å².